The Morgan fingerprint density at radius 1 is 1.08 bits per heavy atom. The van der Waals surface area contributed by atoms with E-state index in [1.807, 2.05) is 30.3 Å². The molecule has 0 aliphatic heterocycles. The van der Waals surface area contributed by atoms with Crippen LogP contribution in [0.25, 0.3) is 0 Å². The van der Waals surface area contributed by atoms with Crippen LogP contribution in [0, 0.1) is 0 Å². The quantitative estimate of drug-likeness (QED) is 0.562. The van der Waals surface area contributed by atoms with Gasteiger partial charge in [0.2, 0.25) is 15.9 Å². The summed E-state index contributed by atoms with van der Waals surface area (Å²) in [6.45, 7) is 0.212. The third-order valence-corrected chi connectivity index (χ3v) is 5.39. The maximum Gasteiger partial charge on any atom is 0.241 e. The molecule has 6 nitrogen and oxygen atoms in total. The van der Waals surface area contributed by atoms with Gasteiger partial charge < -0.3 is 10.4 Å². The summed E-state index contributed by atoms with van der Waals surface area (Å²) in [5.41, 5.74) is 0.827. The van der Waals surface area contributed by atoms with Gasteiger partial charge in [-0.2, -0.15) is 4.72 Å². The maximum atomic E-state index is 12.6. The molecular weight excluding hydrogens is 376 g/mol. The molecular formula is C18H21ClN2O4S. The number of carbonyl (C=O) groups excluding carboxylic acids is 1. The molecule has 26 heavy (non-hydrogen) atoms. The van der Waals surface area contributed by atoms with E-state index in [-0.39, 0.29) is 24.5 Å². The second-order valence-electron chi connectivity index (χ2n) is 5.69. The van der Waals surface area contributed by atoms with Gasteiger partial charge in [-0.1, -0.05) is 41.9 Å². The fraction of sp³-hybridized carbons (Fsp3) is 0.278. The molecule has 0 fully saturated rings. The number of benzene rings is 2. The number of halogens is 1. The zero-order chi connectivity index (χ0) is 19.0. The number of aliphatic hydroxyl groups excluding tert-OH is 1. The van der Waals surface area contributed by atoms with Gasteiger partial charge in [-0.3, -0.25) is 4.79 Å². The summed E-state index contributed by atoms with van der Waals surface area (Å²) in [7, 11) is -3.89. The normalized spacial score (nSPS) is 12.5. The van der Waals surface area contributed by atoms with Crippen molar-refractivity contribution >= 4 is 27.5 Å². The summed E-state index contributed by atoms with van der Waals surface area (Å²) in [5.74, 6) is -0.445. The van der Waals surface area contributed by atoms with Gasteiger partial charge in [0, 0.05) is 18.2 Å². The minimum atomic E-state index is -3.89. The highest BCUT2D eigenvalue weighted by molar-refractivity contribution is 7.89. The molecule has 0 aliphatic carbocycles. The molecule has 1 atom stereocenters. The Hall–Kier alpha value is -1.93. The molecule has 140 valence electrons. The lowest BCUT2D eigenvalue weighted by Crippen LogP contribution is -2.48. The number of nitrogens with one attached hydrogen (secondary N) is 2. The van der Waals surface area contributed by atoms with Crippen molar-refractivity contribution in [3.63, 3.8) is 0 Å². The van der Waals surface area contributed by atoms with Crippen LogP contribution in [-0.2, 0) is 21.2 Å². The Morgan fingerprint density at radius 3 is 2.35 bits per heavy atom. The molecule has 1 unspecified atom stereocenters. The van der Waals surface area contributed by atoms with Crippen molar-refractivity contribution in [1.29, 1.82) is 0 Å². The molecule has 3 N–H and O–H groups in total. The van der Waals surface area contributed by atoms with Crippen LogP contribution in [-0.4, -0.2) is 38.6 Å². The molecule has 8 heteroatoms. The van der Waals surface area contributed by atoms with Crippen molar-refractivity contribution in [2.45, 2.75) is 23.8 Å². The van der Waals surface area contributed by atoms with Crippen LogP contribution in [0.2, 0.25) is 5.02 Å². The van der Waals surface area contributed by atoms with Crippen molar-refractivity contribution in [1.82, 2.24) is 10.0 Å². The second-order valence-corrected chi connectivity index (χ2v) is 7.84. The average Bonchev–Trinajstić information content (AvgIpc) is 2.62. The Morgan fingerprint density at radius 2 is 1.73 bits per heavy atom. The third kappa shape index (κ3) is 6.10. The summed E-state index contributed by atoms with van der Waals surface area (Å²) >= 11 is 5.80. The monoisotopic (exact) mass is 396 g/mol. The standard InChI is InChI=1S/C18H21ClN2O4S/c19-15-7-9-16(10-8-15)26(24,25)21-17(18(23)20-11-4-12-22)13-14-5-2-1-3-6-14/h1-3,5-10,17,21-22H,4,11-13H2,(H,20,23). The first kappa shape index (κ1) is 20.4. The molecule has 0 bridgehead atoms. The van der Waals surface area contributed by atoms with E-state index in [0.29, 0.717) is 11.4 Å². The Kier molecular flexibility index (Phi) is 7.59. The highest BCUT2D eigenvalue weighted by atomic mass is 35.5. The largest absolute Gasteiger partial charge is 0.396 e. The van der Waals surface area contributed by atoms with E-state index in [4.69, 9.17) is 16.7 Å². The van der Waals surface area contributed by atoms with Gasteiger partial charge >= 0.3 is 0 Å². The number of aliphatic hydroxyl groups is 1. The van der Waals surface area contributed by atoms with E-state index in [1.54, 1.807) is 0 Å². The van der Waals surface area contributed by atoms with Crippen LogP contribution in [0.15, 0.2) is 59.5 Å². The van der Waals surface area contributed by atoms with Gasteiger partial charge in [0.05, 0.1) is 4.90 Å². The van der Waals surface area contributed by atoms with E-state index < -0.39 is 22.0 Å². The fourth-order valence-electron chi connectivity index (χ4n) is 2.32. The van der Waals surface area contributed by atoms with Crippen molar-refractivity contribution < 1.29 is 18.3 Å². The van der Waals surface area contributed by atoms with E-state index in [2.05, 4.69) is 10.0 Å². The van der Waals surface area contributed by atoms with Crippen LogP contribution >= 0.6 is 11.6 Å². The SMILES string of the molecule is O=C(NCCCO)C(Cc1ccccc1)NS(=O)(=O)c1ccc(Cl)cc1. The summed E-state index contributed by atoms with van der Waals surface area (Å²) < 4.78 is 27.7. The molecule has 0 saturated heterocycles. The summed E-state index contributed by atoms with van der Waals surface area (Å²) in [6.07, 6.45) is 0.604. The van der Waals surface area contributed by atoms with Crippen LogP contribution in [0.4, 0.5) is 0 Å². The highest BCUT2D eigenvalue weighted by Crippen LogP contribution is 2.15. The van der Waals surface area contributed by atoms with Crippen LogP contribution in [0.5, 0.6) is 0 Å². The lowest BCUT2D eigenvalue weighted by Gasteiger charge is -2.19. The van der Waals surface area contributed by atoms with Crippen LogP contribution < -0.4 is 10.0 Å². The summed E-state index contributed by atoms with van der Waals surface area (Å²) in [5, 5.41) is 11.9. The molecule has 0 heterocycles. The summed E-state index contributed by atoms with van der Waals surface area (Å²) in [6, 6.07) is 13.9. The van der Waals surface area contributed by atoms with Crippen LogP contribution in [0.1, 0.15) is 12.0 Å². The zero-order valence-electron chi connectivity index (χ0n) is 14.1. The zero-order valence-corrected chi connectivity index (χ0v) is 15.6. The number of sulfonamides is 1. The molecule has 0 saturated carbocycles. The van der Waals surface area contributed by atoms with Crippen molar-refractivity contribution in [3.8, 4) is 0 Å². The topological polar surface area (TPSA) is 95.5 Å². The predicted octanol–water partition coefficient (Wildman–Crippen LogP) is 1.73. The fourth-order valence-corrected chi connectivity index (χ4v) is 3.64. The smallest absolute Gasteiger partial charge is 0.241 e. The molecule has 0 radical (unpaired) electrons. The summed E-state index contributed by atoms with van der Waals surface area (Å²) in [4.78, 5) is 12.5. The minimum absolute atomic E-state index is 0.0307. The molecule has 0 aliphatic rings. The maximum absolute atomic E-state index is 12.6. The van der Waals surface area contributed by atoms with E-state index >= 15 is 0 Å². The van der Waals surface area contributed by atoms with Crippen molar-refractivity contribution in [2.75, 3.05) is 13.2 Å². The number of rotatable bonds is 9. The Balaban J connectivity index is 2.19. The van der Waals surface area contributed by atoms with Crippen molar-refractivity contribution in [2.24, 2.45) is 0 Å². The number of hydrogen-bond acceptors (Lipinski definition) is 4. The second kappa shape index (κ2) is 9.68. The van der Waals surface area contributed by atoms with Gasteiger partial charge in [0.1, 0.15) is 6.04 Å². The molecule has 2 aromatic rings. The van der Waals surface area contributed by atoms with Gasteiger partial charge in [-0.15, -0.1) is 0 Å². The number of carbonyl (C=O) groups is 1. The lowest BCUT2D eigenvalue weighted by molar-refractivity contribution is -0.122. The number of hydrogen-bond donors (Lipinski definition) is 3. The van der Waals surface area contributed by atoms with Crippen molar-refractivity contribution in [3.05, 3.63) is 65.2 Å². The lowest BCUT2D eigenvalue weighted by atomic mass is 10.1. The first-order valence-corrected chi connectivity index (χ1v) is 9.99. The minimum Gasteiger partial charge on any atom is -0.396 e. The van der Waals surface area contributed by atoms with E-state index in [1.165, 1.54) is 24.3 Å². The molecule has 2 rings (SSSR count). The van der Waals surface area contributed by atoms with E-state index in [0.717, 1.165) is 5.56 Å². The predicted molar refractivity (Wildman–Crippen MR) is 100 cm³/mol. The van der Waals surface area contributed by atoms with Gasteiger partial charge in [-0.05, 0) is 42.7 Å². The molecule has 0 aromatic heterocycles. The van der Waals surface area contributed by atoms with Gasteiger partial charge in [0.15, 0.2) is 0 Å². The molecule has 0 spiro atoms. The first-order valence-electron chi connectivity index (χ1n) is 8.13. The van der Waals surface area contributed by atoms with Gasteiger partial charge in [0.25, 0.3) is 0 Å². The molecule has 1 amide bonds. The number of amides is 1. The third-order valence-electron chi connectivity index (χ3n) is 3.65. The highest BCUT2D eigenvalue weighted by Gasteiger charge is 2.25. The Bertz CT molecular complexity index is 811. The van der Waals surface area contributed by atoms with E-state index in [9.17, 15) is 13.2 Å². The first-order chi connectivity index (χ1) is 12.4. The van der Waals surface area contributed by atoms with Crippen LogP contribution in [0.3, 0.4) is 0 Å². The average molecular weight is 397 g/mol. The van der Waals surface area contributed by atoms with Gasteiger partial charge in [-0.25, -0.2) is 8.42 Å². The Labute approximate surface area is 158 Å². The molecule has 2 aromatic carbocycles.